The second kappa shape index (κ2) is 6.57. The molecule has 5 nitrogen and oxygen atoms in total. The van der Waals surface area contributed by atoms with E-state index in [1.165, 1.54) is 0 Å². The highest BCUT2D eigenvalue weighted by Gasteiger charge is 2.52. The Morgan fingerprint density at radius 2 is 1.80 bits per heavy atom. The number of hydrogen-bond acceptors (Lipinski definition) is 5. The summed E-state index contributed by atoms with van der Waals surface area (Å²) in [6, 6.07) is 7.74. The van der Waals surface area contributed by atoms with Gasteiger partial charge in [-0.25, -0.2) is 0 Å². The molecular weight excluding hydrogens is 337 g/mol. The van der Waals surface area contributed by atoms with E-state index < -0.39 is 18.3 Å². The van der Waals surface area contributed by atoms with E-state index in [9.17, 15) is 9.90 Å². The molecule has 1 aliphatic heterocycles. The maximum Gasteiger partial charge on any atom is 0.492 e. The molecule has 25 heavy (non-hydrogen) atoms. The first-order chi connectivity index (χ1) is 11.7. The van der Waals surface area contributed by atoms with Crippen LogP contribution in [0.1, 0.15) is 33.3 Å². The molecule has 2 N–H and O–H groups in total. The number of rotatable bonds is 4. The highest BCUT2D eigenvalue weighted by Crippen LogP contribution is 2.38. The van der Waals surface area contributed by atoms with Crippen LogP contribution in [0.4, 0.5) is 0 Å². The number of aliphatic hydroxyl groups is 1. The Hall–Kier alpha value is -1.67. The molecule has 0 bridgehead atoms. The Balaban J connectivity index is 1.82. The quantitative estimate of drug-likeness (QED) is 0.823. The molecule has 0 amide bonds. The van der Waals surface area contributed by atoms with Crippen molar-refractivity contribution in [3.63, 3.8) is 0 Å². The molecule has 132 valence electrons. The largest absolute Gasteiger partial charge is 0.492 e. The van der Waals surface area contributed by atoms with Crippen LogP contribution in [0.3, 0.4) is 0 Å². The molecule has 7 heteroatoms. The molecule has 3 rings (SSSR count). The van der Waals surface area contributed by atoms with Gasteiger partial charge in [0.05, 0.1) is 23.5 Å². The van der Waals surface area contributed by atoms with E-state index in [-0.39, 0.29) is 11.5 Å². The zero-order valence-electron chi connectivity index (χ0n) is 14.8. The fraction of sp³-hybridized carbons (Fsp3) is 0.389. The van der Waals surface area contributed by atoms with Crippen LogP contribution in [-0.4, -0.2) is 35.0 Å². The monoisotopic (exact) mass is 359 g/mol. The first-order valence-electron chi connectivity index (χ1n) is 8.17. The number of nitrogens with one attached hydrogen (secondary N) is 1. The standard InChI is InChI=1S/C18H22BNO4S/c1-17(2)18(3,4)24-19(23-17)14(10-21)9-12-5-7-13(8-6-12)15-11-25-16(22)20-15/h5-9,11,21H,10H2,1-4H3,(H,20,22). The van der Waals surface area contributed by atoms with E-state index in [1.54, 1.807) is 5.38 Å². The maximum atomic E-state index is 11.3. The number of benzene rings is 1. The topological polar surface area (TPSA) is 71.6 Å². The van der Waals surface area contributed by atoms with Crippen molar-refractivity contribution in [1.82, 2.24) is 4.98 Å². The van der Waals surface area contributed by atoms with Gasteiger partial charge in [0.15, 0.2) is 0 Å². The van der Waals surface area contributed by atoms with Crippen molar-refractivity contribution >= 4 is 24.5 Å². The van der Waals surface area contributed by atoms with E-state index >= 15 is 0 Å². The predicted molar refractivity (Wildman–Crippen MR) is 102 cm³/mol. The lowest BCUT2D eigenvalue weighted by Crippen LogP contribution is -2.41. The summed E-state index contributed by atoms with van der Waals surface area (Å²) in [4.78, 5) is 14.0. The van der Waals surface area contributed by atoms with Gasteiger partial charge >= 0.3 is 12.0 Å². The van der Waals surface area contributed by atoms with Crippen LogP contribution in [0.2, 0.25) is 0 Å². The van der Waals surface area contributed by atoms with E-state index in [2.05, 4.69) is 4.98 Å². The first-order valence-corrected chi connectivity index (χ1v) is 9.05. The third-order valence-corrected chi connectivity index (χ3v) is 5.50. The molecule has 2 aromatic rings. The number of aromatic amines is 1. The van der Waals surface area contributed by atoms with E-state index in [1.807, 2.05) is 58.0 Å². The van der Waals surface area contributed by atoms with Crippen molar-refractivity contribution in [1.29, 1.82) is 0 Å². The number of H-pyrrole nitrogens is 1. The van der Waals surface area contributed by atoms with Crippen molar-refractivity contribution in [3.05, 3.63) is 50.3 Å². The molecule has 1 fully saturated rings. The minimum absolute atomic E-state index is 0.0673. The van der Waals surface area contributed by atoms with Gasteiger partial charge in [0.1, 0.15) is 0 Å². The number of hydrogen-bond donors (Lipinski definition) is 2. The third kappa shape index (κ3) is 3.65. The molecule has 1 saturated heterocycles. The second-order valence-electron chi connectivity index (χ2n) is 7.15. The minimum Gasteiger partial charge on any atom is -0.400 e. The summed E-state index contributed by atoms with van der Waals surface area (Å²) >= 11 is 1.14. The van der Waals surface area contributed by atoms with Crippen LogP contribution in [0, 0.1) is 0 Å². The van der Waals surface area contributed by atoms with Gasteiger partial charge in [-0.1, -0.05) is 41.7 Å². The van der Waals surface area contributed by atoms with Crippen LogP contribution < -0.4 is 4.87 Å². The highest BCUT2D eigenvalue weighted by molar-refractivity contribution is 7.07. The Labute approximate surface area is 151 Å². The Kier molecular flexibility index (Phi) is 4.77. The van der Waals surface area contributed by atoms with Gasteiger partial charge in [-0.3, -0.25) is 4.79 Å². The van der Waals surface area contributed by atoms with Gasteiger partial charge in [-0.05, 0) is 44.3 Å². The van der Waals surface area contributed by atoms with E-state index in [0.29, 0.717) is 5.47 Å². The Bertz CT molecular complexity index is 819. The third-order valence-electron chi connectivity index (χ3n) is 4.83. The van der Waals surface area contributed by atoms with Crippen LogP contribution in [0.25, 0.3) is 17.3 Å². The van der Waals surface area contributed by atoms with Crippen LogP contribution in [0.5, 0.6) is 0 Å². The summed E-state index contributed by atoms with van der Waals surface area (Å²) in [5, 5.41) is 11.6. The summed E-state index contributed by atoms with van der Waals surface area (Å²) < 4.78 is 12.0. The van der Waals surface area contributed by atoms with Gasteiger partial charge in [-0.15, -0.1) is 0 Å². The smallest absolute Gasteiger partial charge is 0.400 e. The number of aliphatic hydroxyl groups excluding tert-OH is 1. The van der Waals surface area contributed by atoms with Crippen LogP contribution in [-0.2, 0) is 9.31 Å². The first kappa shape index (κ1) is 18.1. The molecule has 1 aliphatic rings. The fourth-order valence-corrected chi connectivity index (χ4v) is 3.17. The normalized spacial score (nSPS) is 19.4. The Morgan fingerprint density at radius 3 is 2.28 bits per heavy atom. The second-order valence-corrected chi connectivity index (χ2v) is 7.99. The molecule has 1 aromatic carbocycles. The predicted octanol–water partition coefficient (Wildman–Crippen LogP) is 3.11. The summed E-state index contributed by atoms with van der Waals surface area (Å²) in [7, 11) is -0.567. The zero-order valence-corrected chi connectivity index (χ0v) is 15.6. The van der Waals surface area contributed by atoms with E-state index in [0.717, 1.165) is 28.2 Å². The molecule has 0 aliphatic carbocycles. The van der Waals surface area contributed by atoms with Gasteiger partial charge in [-0.2, -0.15) is 0 Å². The van der Waals surface area contributed by atoms with Gasteiger partial charge in [0.2, 0.25) is 0 Å². The number of thiazole rings is 1. The maximum absolute atomic E-state index is 11.3. The van der Waals surface area contributed by atoms with Crippen molar-refractivity contribution in [2.75, 3.05) is 6.61 Å². The molecule has 1 aromatic heterocycles. The SMILES string of the molecule is CC1(C)OB(C(=Cc2ccc(-c3csc(=O)[nH]3)cc2)CO)OC1(C)C. The minimum atomic E-state index is -0.567. The molecular formula is C18H22BNO4S. The lowest BCUT2D eigenvalue weighted by molar-refractivity contribution is 0.00578. The summed E-state index contributed by atoms with van der Waals surface area (Å²) in [5.41, 5.74) is 2.47. The van der Waals surface area contributed by atoms with Gasteiger partial charge < -0.3 is 19.4 Å². The highest BCUT2D eigenvalue weighted by atomic mass is 32.1. The van der Waals surface area contributed by atoms with E-state index in [4.69, 9.17) is 9.31 Å². The van der Waals surface area contributed by atoms with Gasteiger partial charge in [0, 0.05) is 5.38 Å². The molecule has 0 unspecified atom stereocenters. The van der Waals surface area contributed by atoms with Crippen molar-refractivity contribution in [2.45, 2.75) is 38.9 Å². The Morgan fingerprint density at radius 1 is 1.20 bits per heavy atom. The zero-order chi connectivity index (χ0) is 18.2. The average molecular weight is 359 g/mol. The van der Waals surface area contributed by atoms with Crippen LogP contribution >= 0.6 is 11.3 Å². The number of aromatic nitrogens is 1. The summed E-state index contributed by atoms with van der Waals surface area (Å²) in [6.45, 7) is 7.80. The fourth-order valence-electron chi connectivity index (χ4n) is 2.58. The summed E-state index contributed by atoms with van der Waals surface area (Å²) in [6.07, 6.45) is 1.88. The lowest BCUT2D eigenvalue weighted by atomic mass is 9.77. The molecule has 0 radical (unpaired) electrons. The molecule has 0 saturated carbocycles. The van der Waals surface area contributed by atoms with Crippen molar-refractivity contribution < 1.29 is 14.4 Å². The summed E-state index contributed by atoms with van der Waals surface area (Å²) in [5.74, 6) is 0. The van der Waals surface area contributed by atoms with Gasteiger partial charge in [0.25, 0.3) is 0 Å². The lowest BCUT2D eigenvalue weighted by Gasteiger charge is -2.32. The van der Waals surface area contributed by atoms with Crippen molar-refractivity contribution in [3.8, 4) is 11.3 Å². The molecule has 0 atom stereocenters. The van der Waals surface area contributed by atoms with Crippen LogP contribution in [0.15, 0.2) is 39.9 Å². The molecule has 0 spiro atoms. The van der Waals surface area contributed by atoms with Crippen molar-refractivity contribution in [2.24, 2.45) is 0 Å². The molecule has 2 heterocycles. The average Bonchev–Trinajstić information content (AvgIpc) is 3.06.